The van der Waals surface area contributed by atoms with Crippen molar-refractivity contribution in [2.45, 2.75) is 6.92 Å². The molecule has 0 fully saturated rings. The van der Waals surface area contributed by atoms with E-state index in [4.69, 9.17) is 4.84 Å². The summed E-state index contributed by atoms with van der Waals surface area (Å²) in [4.78, 5) is 21.4. The van der Waals surface area contributed by atoms with E-state index in [1.807, 2.05) is 55.5 Å². The van der Waals surface area contributed by atoms with E-state index in [2.05, 4.69) is 31.4 Å². The van der Waals surface area contributed by atoms with Crippen LogP contribution >= 0.6 is 27.3 Å². The summed E-state index contributed by atoms with van der Waals surface area (Å²) in [6.45, 7) is 1.67. The van der Waals surface area contributed by atoms with Gasteiger partial charge in [0.1, 0.15) is 0 Å². The van der Waals surface area contributed by atoms with Crippen molar-refractivity contribution < 1.29 is 9.63 Å². The quantitative estimate of drug-likeness (QED) is 0.505. The summed E-state index contributed by atoms with van der Waals surface area (Å²) in [5.41, 5.74) is 2.50. The van der Waals surface area contributed by atoms with Gasteiger partial charge in [-0.1, -0.05) is 56.7 Å². The zero-order chi connectivity index (χ0) is 16.9. The lowest BCUT2D eigenvalue weighted by Gasteiger charge is -2.03. The number of aromatic nitrogens is 1. The summed E-state index contributed by atoms with van der Waals surface area (Å²) in [5.74, 6) is -0.290. The molecule has 0 unspecified atom stereocenters. The predicted octanol–water partition coefficient (Wildman–Crippen LogP) is 4.44. The molecule has 0 saturated heterocycles. The first-order chi connectivity index (χ1) is 11.6. The Morgan fingerprint density at radius 2 is 2.00 bits per heavy atom. The smallest absolute Gasteiger partial charge is 0.266 e. The molecule has 0 radical (unpaired) electrons. The highest BCUT2D eigenvalue weighted by Crippen LogP contribution is 2.25. The highest BCUT2D eigenvalue weighted by atomic mass is 79.9. The minimum atomic E-state index is -0.290. The number of hydrogen-bond donors (Lipinski definition) is 1. The Labute approximate surface area is 151 Å². The number of nitrogens with one attached hydrogen (secondary N) is 1. The van der Waals surface area contributed by atoms with Crippen LogP contribution in [0.4, 0.5) is 5.13 Å². The fraction of sp³-hybridized carbons (Fsp3) is 0.118. The summed E-state index contributed by atoms with van der Waals surface area (Å²) >= 11 is 4.81. The van der Waals surface area contributed by atoms with E-state index in [0.29, 0.717) is 10.8 Å². The molecule has 2 aromatic carbocycles. The molecule has 0 atom stereocenters. The third-order valence-electron chi connectivity index (χ3n) is 3.20. The minimum absolute atomic E-state index is 0.163. The van der Waals surface area contributed by atoms with E-state index in [-0.39, 0.29) is 12.5 Å². The van der Waals surface area contributed by atoms with Crippen molar-refractivity contribution in [1.29, 1.82) is 0 Å². The van der Waals surface area contributed by atoms with Gasteiger partial charge in [0.15, 0.2) is 11.7 Å². The number of rotatable bonds is 5. The molecular formula is C17H14BrN3O2S. The topological polar surface area (TPSA) is 63.6 Å². The van der Waals surface area contributed by atoms with Gasteiger partial charge in [0, 0.05) is 4.47 Å². The zero-order valence-electron chi connectivity index (χ0n) is 12.8. The molecule has 24 heavy (non-hydrogen) atoms. The molecule has 3 aromatic rings. The van der Waals surface area contributed by atoms with Crippen molar-refractivity contribution in [3.63, 3.8) is 0 Å². The van der Waals surface area contributed by atoms with E-state index in [0.717, 1.165) is 20.3 Å². The van der Waals surface area contributed by atoms with Gasteiger partial charge in [-0.25, -0.2) is 4.98 Å². The van der Waals surface area contributed by atoms with Crippen LogP contribution in [0.15, 0.2) is 58.2 Å². The number of anilines is 1. The highest BCUT2D eigenvalue weighted by molar-refractivity contribution is 9.10. The monoisotopic (exact) mass is 403 g/mol. The van der Waals surface area contributed by atoms with Crippen LogP contribution in [0.25, 0.3) is 10.2 Å². The molecule has 0 aliphatic rings. The average Bonchev–Trinajstić information content (AvgIpc) is 2.97. The first-order valence-electron chi connectivity index (χ1n) is 7.20. The Bertz CT molecular complexity index is 857. The second-order valence-corrected chi connectivity index (χ2v) is 6.94. The van der Waals surface area contributed by atoms with Crippen molar-refractivity contribution in [1.82, 2.24) is 4.98 Å². The summed E-state index contributed by atoms with van der Waals surface area (Å²) < 4.78 is 2.02. The molecule has 1 heterocycles. The van der Waals surface area contributed by atoms with E-state index >= 15 is 0 Å². The largest absolute Gasteiger partial charge is 0.385 e. The summed E-state index contributed by atoms with van der Waals surface area (Å²) in [5, 5.41) is 7.25. The predicted molar refractivity (Wildman–Crippen MR) is 101 cm³/mol. The lowest BCUT2D eigenvalue weighted by molar-refractivity contribution is -0.120. The van der Waals surface area contributed by atoms with Gasteiger partial charge in [-0.15, -0.1) is 0 Å². The van der Waals surface area contributed by atoms with Gasteiger partial charge in [-0.2, -0.15) is 0 Å². The van der Waals surface area contributed by atoms with Crippen molar-refractivity contribution in [2.24, 2.45) is 5.16 Å². The van der Waals surface area contributed by atoms with Crippen LogP contribution in [0.1, 0.15) is 12.5 Å². The Morgan fingerprint density at radius 1 is 1.25 bits per heavy atom. The van der Waals surface area contributed by atoms with Crippen molar-refractivity contribution >= 4 is 54.2 Å². The van der Waals surface area contributed by atoms with Crippen molar-refractivity contribution in [2.75, 3.05) is 11.9 Å². The SMILES string of the molecule is C/C(=N/OCC(=O)Nc1nc2ccccc2s1)c1ccc(Br)cc1. The Balaban J connectivity index is 1.55. The van der Waals surface area contributed by atoms with E-state index in [1.165, 1.54) is 11.3 Å². The molecule has 0 spiro atoms. The van der Waals surface area contributed by atoms with E-state index in [1.54, 1.807) is 0 Å². The summed E-state index contributed by atoms with van der Waals surface area (Å²) in [7, 11) is 0. The molecule has 122 valence electrons. The molecule has 0 aliphatic carbocycles. The maximum Gasteiger partial charge on any atom is 0.266 e. The normalized spacial score (nSPS) is 11.5. The lowest BCUT2D eigenvalue weighted by atomic mass is 10.1. The average molecular weight is 404 g/mol. The molecule has 0 aliphatic heterocycles. The molecule has 0 bridgehead atoms. The van der Waals surface area contributed by atoms with Crippen LogP contribution in [0.3, 0.4) is 0 Å². The molecule has 7 heteroatoms. The second kappa shape index (κ2) is 7.55. The van der Waals surface area contributed by atoms with Crippen LogP contribution < -0.4 is 5.32 Å². The van der Waals surface area contributed by atoms with Gasteiger partial charge in [-0.05, 0) is 36.8 Å². The number of carbonyl (C=O) groups excluding carboxylic acids is 1. The van der Waals surface area contributed by atoms with Crippen LogP contribution in [0, 0.1) is 0 Å². The number of halogens is 1. The van der Waals surface area contributed by atoms with Gasteiger partial charge in [-0.3, -0.25) is 10.1 Å². The van der Waals surface area contributed by atoms with Crippen LogP contribution in [-0.4, -0.2) is 23.2 Å². The first kappa shape index (κ1) is 16.6. The third-order valence-corrected chi connectivity index (χ3v) is 4.68. The standard InChI is InChI=1S/C17H14BrN3O2S/c1-11(12-6-8-13(18)9-7-12)21-23-10-16(22)20-17-19-14-4-2-3-5-15(14)24-17/h2-9H,10H2,1H3,(H,19,20,22)/b21-11-. The summed E-state index contributed by atoms with van der Waals surface area (Å²) in [6, 6.07) is 15.4. The van der Waals surface area contributed by atoms with E-state index < -0.39 is 0 Å². The minimum Gasteiger partial charge on any atom is -0.385 e. The number of para-hydroxylation sites is 1. The van der Waals surface area contributed by atoms with Crippen LogP contribution in [0.2, 0.25) is 0 Å². The molecule has 1 aromatic heterocycles. The fourth-order valence-electron chi connectivity index (χ4n) is 2.01. The maximum absolute atomic E-state index is 11.9. The number of benzene rings is 2. The van der Waals surface area contributed by atoms with Crippen LogP contribution in [-0.2, 0) is 9.63 Å². The molecule has 3 rings (SSSR count). The molecular weight excluding hydrogens is 390 g/mol. The number of amides is 1. The Hall–Kier alpha value is -2.25. The van der Waals surface area contributed by atoms with Crippen molar-refractivity contribution in [3.8, 4) is 0 Å². The number of oxime groups is 1. The number of carbonyl (C=O) groups is 1. The summed E-state index contributed by atoms with van der Waals surface area (Å²) in [6.07, 6.45) is 0. The maximum atomic E-state index is 11.9. The highest BCUT2D eigenvalue weighted by Gasteiger charge is 2.08. The fourth-order valence-corrected chi connectivity index (χ4v) is 3.16. The second-order valence-electron chi connectivity index (χ2n) is 4.99. The zero-order valence-corrected chi connectivity index (χ0v) is 15.2. The van der Waals surface area contributed by atoms with Crippen LogP contribution in [0.5, 0.6) is 0 Å². The Kier molecular flexibility index (Phi) is 5.22. The number of fused-ring (bicyclic) bond motifs is 1. The molecule has 1 N–H and O–H groups in total. The molecule has 1 amide bonds. The van der Waals surface area contributed by atoms with Gasteiger partial charge < -0.3 is 4.84 Å². The molecule has 5 nitrogen and oxygen atoms in total. The number of nitrogens with zero attached hydrogens (tertiary/aromatic N) is 2. The van der Waals surface area contributed by atoms with Gasteiger partial charge >= 0.3 is 0 Å². The van der Waals surface area contributed by atoms with Gasteiger partial charge in [0.25, 0.3) is 5.91 Å². The first-order valence-corrected chi connectivity index (χ1v) is 8.81. The van der Waals surface area contributed by atoms with E-state index in [9.17, 15) is 4.79 Å². The Morgan fingerprint density at radius 3 is 2.75 bits per heavy atom. The van der Waals surface area contributed by atoms with Gasteiger partial charge in [0.2, 0.25) is 0 Å². The molecule has 0 saturated carbocycles. The number of hydrogen-bond acceptors (Lipinski definition) is 5. The number of thiazole rings is 1. The van der Waals surface area contributed by atoms with Crippen molar-refractivity contribution in [3.05, 3.63) is 58.6 Å². The van der Waals surface area contributed by atoms with Gasteiger partial charge in [0.05, 0.1) is 15.9 Å². The lowest BCUT2D eigenvalue weighted by Crippen LogP contribution is -2.17. The third kappa shape index (κ3) is 4.18.